The van der Waals surface area contributed by atoms with Crippen LogP contribution in [-0.2, 0) is 14.9 Å². The van der Waals surface area contributed by atoms with Crippen LogP contribution in [0.1, 0.15) is 94.6 Å². The van der Waals surface area contributed by atoms with Gasteiger partial charge < -0.3 is 14.5 Å². The van der Waals surface area contributed by atoms with E-state index in [-0.39, 0.29) is 33.5 Å². The summed E-state index contributed by atoms with van der Waals surface area (Å²) in [5.41, 5.74) is 2.27. The number of halogens is 1. The van der Waals surface area contributed by atoms with Crippen molar-refractivity contribution in [2.24, 2.45) is 5.92 Å². The van der Waals surface area contributed by atoms with Gasteiger partial charge in [0.2, 0.25) is 0 Å². The van der Waals surface area contributed by atoms with Crippen molar-refractivity contribution in [1.29, 1.82) is 0 Å². The van der Waals surface area contributed by atoms with Crippen LogP contribution in [0.2, 0.25) is 5.15 Å². The number of carbonyl (C=O) groups excluding carboxylic acids is 3. The number of hydrogen-bond donors (Lipinski definition) is 1. The number of pyridine rings is 1. The smallest absolute Gasteiger partial charge is 0.293 e. The molecule has 0 bridgehead atoms. The highest BCUT2D eigenvalue weighted by Crippen LogP contribution is 2.33. The summed E-state index contributed by atoms with van der Waals surface area (Å²) in [6.07, 6.45) is 2.05. The van der Waals surface area contributed by atoms with Crippen molar-refractivity contribution in [2.45, 2.75) is 89.7 Å². The number of likely N-dealkylation sites (tertiary alicyclic amines) is 1. The number of ether oxygens (including phenoxy) is 1. The number of nitrogens with zero attached hydrogens (tertiary/aromatic N) is 3. The molecule has 2 amide bonds. The first-order valence-electron chi connectivity index (χ1n) is 15.8. The Kier molecular flexibility index (Phi) is 13.1. The van der Waals surface area contributed by atoms with Crippen LogP contribution in [0.3, 0.4) is 0 Å². The Morgan fingerprint density at radius 1 is 1.06 bits per heavy atom. The van der Waals surface area contributed by atoms with Gasteiger partial charge >= 0.3 is 0 Å². The van der Waals surface area contributed by atoms with E-state index in [1.54, 1.807) is 6.07 Å². The molecular weight excluding hydrogens is 632 g/mol. The van der Waals surface area contributed by atoms with Crippen LogP contribution in [0.5, 0.6) is 0 Å². The van der Waals surface area contributed by atoms with Gasteiger partial charge in [-0.15, -0.1) is 0 Å². The number of aromatic nitrogens is 1. The minimum atomic E-state index is -0.338. The van der Waals surface area contributed by atoms with E-state index in [0.29, 0.717) is 30.1 Å². The Bertz CT molecular complexity index is 1520. The monoisotopic (exact) mass is 680 g/mol. The molecule has 3 aromatic rings. The van der Waals surface area contributed by atoms with E-state index >= 15 is 0 Å². The average molecular weight is 681 g/mol. The molecule has 1 unspecified atom stereocenters. The molecule has 0 radical (unpaired) electrons. The molecular formula is C37H49ClN4O4S. The summed E-state index contributed by atoms with van der Waals surface area (Å²) in [5.74, 6) is 0.139. The summed E-state index contributed by atoms with van der Waals surface area (Å²) in [6, 6.07) is 20.7. The number of nitrogens with one attached hydrogen (secondary N) is 1. The SMILES string of the molecule is CC(C)(C)OC=O.CN1CC(CCN(C(=O)c2cccc(SNC(=O)c3ccc(C(C)(C)C)nc3Cl)c2)c2ccccc2)CC1(C)C. The Labute approximate surface area is 289 Å². The third kappa shape index (κ3) is 11.4. The van der Waals surface area contributed by atoms with E-state index < -0.39 is 0 Å². The van der Waals surface area contributed by atoms with Gasteiger partial charge in [-0.05, 0) is 115 Å². The maximum absolute atomic E-state index is 13.8. The summed E-state index contributed by atoms with van der Waals surface area (Å²) in [6.45, 7) is 18.3. The third-order valence-corrected chi connectivity index (χ3v) is 9.10. The molecule has 1 N–H and O–H groups in total. The van der Waals surface area contributed by atoms with Crippen LogP contribution >= 0.6 is 23.5 Å². The van der Waals surface area contributed by atoms with Gasteiger partial charge in [0.15, 0.2) is 0 Å². The minimum Gasteiger partial charge on any atom is -0.462 e. The lowest BCUT2D eigenvalue weighted by molar-refractivity contribution is -0.138. The molecule has 2 heterocycles. The Hall–Kier alpha value is -3.40. The van der Waals surface area contributed by atoms with E-state index in [9.17, 15) is 14.4 Å². The van der Waals surface area contributed by atoms with Crippen molar-refractivity contribution in [1.82, 2.24) is 14.6 Å². The maximum Gasteiger partial charge on any atom is 0.293 e. The fourth-order valence-corrected chi connectivity index (χ4v) is 6.09. The largest absolute Gasteiger partial charge is 0.462 e. The van der Waals surface area contributed by atoms with Gasteiger partial charge in [-0.25, -0.2) is 4.98 Å². The molecule has 1 aromatic heterocycles. The lowest BCUT2D eigenvalue weighted by Crippen LogP contribution is -2.34. The molecule has 2 aromatic carbocycles. The van der Waals surface area contributed by atoms with Crippen molar-refractivity contribution in [3.05, 3.63) is 88.7 Å². The molecule has 0 spiro atoms. The molecule has 1 aliphatic rings. The highest BCUT2D eigenvalue weighted by Gasteiger charge is 2.36. The summed E-state index contributed by atoms with van der Waals surface area (Å²) in [7, 11) is 2.17. The van der Waals surface area contributed by atoms with E-state index in [1.807, 2.05) is 107 Å². The van der Waals surface area contributed by atoms with Gasteiger partial charge in [-0.3, -0.25) is 19.1 Å². The second-order valence-electron chi connectivity index (χ2n) is 14.5. The molecule has 1 saturated heterocycles. The zero-order valence-corrected chi connectivity index (χ0v) is 30.7. The van der Waals surface area contributed by atoms with Crippen molar-refractivity contribution in [3.8, 4) is 0 Å². The second kappa shape index (κ2) is 16.1. The van der Waals surface area contributed by atoms with Crippen molar-refractivity contribution < 1.29 is 19.1 Å². The molecule has 0 aliphatic carbocycles. The number of amides is 2. The first kappa shape index (κ1) is 38.1. The summed E-state index contributed by atoms with van der Waals surface area (Å²) >= 11 is 7.49. The van der Waals surface area contributed by atoms with Crippen LogP contribution in [0.25, 0.3) is 0 Å². The van der Waals surface area contributed by atoms with Crippen molar-refractivity contribution in [2.75, 3.05) is 25.0 Å². The standard InChI is InChI=1S/C32H39ClN4O2S.C5H10O2/c1-31(2,3)27-16-15-26(28(33)34-27)29(38)35-40-25-14-10-11-23(19-25)30(39)37(24-12-8-7-9-13-24)18-17-22-20-32(4,5)36(6)21-22;1-5(2,3)7-4-6/h7-16,19,22H,17-18,20-21H2,1-6H3,(H,35,38);4H,1-3H3. The molecule has 8 nitrogen and oxygen atoms in total. The number of para-hydroxylation sites is 1. The first-order chi connectivity index (χ1) is 21.9. The predicted molar refractivity (Wildman–Crippen MR) is 192 cm³/mol. The highest BCUT2D eigenvalue weighted by atomic mass is 35.5. The number of anilines is 1. The highest BCUT2D eigenvalue weighted by molar-refractivity contribution is 7.98. The average Bonchev–Trinajstić information content (AvgIpc) is 3.26. The molecule has 1 atom stereocenters. The van der Waals surface area contributed by atoms with Crippen LogP contribution in [0.15, 0.2) is 71.6 Å². The molecule has 47 heavy (non-hydrogen) atoms. The fourth-order valence-electron chi connectivity index (χ4n) is 5.20. The Balaban J connectivity index is 0.000000771. The first-order valence-corrected chi connectivity index (χ1v) is 17.0. The molecule has 10 heteroatoms. The van der Waals surface area contributed by atoms with Crippen LogP contribution in [-0.4, -0.2) is 59.4 Å². The zero-order chi connectivity index (χ0) is 35.0. The van der Waals surface area contributed by atoms with Crippen LogP contribution in [0.4, 0.5) is 5.69 Å². The number of rotatable bonds is 9. The Morgan fingerprint density at radius 2 is 1.74 bits per heavy atom. The molecule has 254 valence electrons. The Morgan fingerprint density at radius 3 is 2.28 bits per heavy atom. The lowest BCUT2D eigenvalue weighted by atomic mass is 9.91. The normalized spacial score (nSPS) is 16.1. The summed E-state index contributed by atoms with van der Waals surface area (Å²) < 4.78 is 7.39. The van der Waals surface area contributed by atoms with E-state index in [2.05, 4.69) is 40.2 Å². The minimum absolute atomic E-state index is 0.0596. The van der Waals surface area contributed by atoms with Crippen LogP contribution < -0.4 is 9.62 Å². The number of carbonyl (C=O) groups is 3. The van der Waals surface area contributed by atoms with Gasteiger partial charge in [0.1, 0.15) is 10.8 Å². The van der Waals surface area contributed by atoms with Crippen molar-refractivity contribution in [3.63, 3.8) is 0 Å². The van der Waals surface area contributed by atoms with Crippen molar-refractivity contribution >= 4 is 47.5 Å². The second-order valence-corrected chi connectivity index (χ2v) is 15.8. The summed E-state index contributed by atoms with van der Waals surface area (Å²) in [4.78, 5) is 45.7. The van der Waals surface area contributed by atoms with E-state index in [1.165, 1.54) is 0 Å². The molecule has 4 rings (SSSR count). The van der Waals surface area contributed by atoms with Gasteiger partial charge in [0, 0.05) is 45.9 Å². The van der Waals surface area contributed by atoms with Crippen LogP contribution in [0, 0.1) is 5.92 Å². The molecule has 1 fully saturated rings. The zero-order valence-electron chi connectivity index (χ0n) is 29.1. The predicted octanol–water partition coefficient (Wildman–Crippen LogP) is 8.19. The number of hydrogen-bond acceptors (Lipinski definition) is 7. The third-order valence-electron chi connectivity index (χ3n) is 8.03. The quantitative estimate of drug-likeness (QED) is 0.138. The molecule has 0 saturated carbocycles. The van der Waals surface area contributed by atoms with Gasteiger partial charge in [-0.1, -0.05) is 56.6 Å². The van der Waals surface area contributed by atoms with Gasteiger partial charge in [0.05, 0.1) is 5.56 Å². The van der Waals surface area contributed by atoms with Gasteiger partial charge in [0.25, 0.3) is 18.3 Å². The molecule has 1 aliphatic heterocycles. The number of benzene rings is 2. The van der Waals surface area contributed by atoms with E-state index in [4.69, 9.17) is 11.6 Å². The summed E-state index contributed by atoms with van der Waals surface area (Å²) in [5, 5.41) is 0.171. The van der Waals surface area contributed by atoms with E-state index in [0.717, 1.165) is 47.6 Å². The topological polar surface area (TPSA) is 91.8 Å². The lowest BCUT2D eigenvalue weighted by Gasteiger charge is -2.26. The van der Waals surface area contributed by atoms with Gasteiger partial charge in [-0.2, -0.15) is 0 Å². The maximum atomic E-state index is 13.8. The fraction of sp³-hybridized carbons (Fsp3) is 0.459.